The second-order valence-corrected chi connectivity index (χ2v) is 4.39. The molecule has 4 nitrogen and oxygen atoms in total. The molecule has 0 radical (unpaired) electrons. The minimum Gasteiger partial charge on any atom is -0.378 e. The van der Waals surface area contributed by atoms with Gasteiger partial charge in [0.15, 0.2) is 0 Å². The van der Waals surface area contributed by atoms with E-state index in [0.717, 1.165) is 38.0 Å². The zero-order valence-corrected chi connectivity index (χ0v) is 9.14. The molecule has 0 aromatic carbocycles. The molecule has 1 saturated heterocycles. The summed E-state index contributed by atoms with van der Waals surface area (Å²) in [5.41, 5.74) is 0.580. The Morgan fingerprint density at radius 3 is 2.87 bits per heavy atom. The number of hydrogen-bond acceptors (Lipinski definition) is 2. The fourth-order valence-electron chi connectivity index (χ4n) is 2.16. The average Bonchev–Trinajstić information content (AvgIpc) is 2.41. The summed E-state index contributed by atoms with van der Waals surface area (Å²) in [5.74, 6) is 0. The molecule has 0 aromatic heterocycles. The third kappa shape index (κ3) is 1.86. The van der Waals surface area contributed by atoms with Crippen LogP contribution in [0.3, 0.4) is 0 Å². The van der Waals surface area contributed by atoms with Gasteiger partial charge >= 0.3 is 6.03 Å². The van der Waals surface area contributed by atoms with Gasteiger partial charge in [0.2, 0.25) is 0 Å². The minimum atomic E-state index is -0.214. The fraction of sp³-hybridized carbons (Fsp3) is 0.727. The van der Waals surface area contributed by atoms with E-state index in [1.54, 1.807) is 0 Å². The summed E-state index contributed by atoms with van der Waals surface area (Å²) in [6, 6.07) is -0.132. The standard InChI is InChI=1S/C11H18N2O2/c1-3-4-5-15-9-6-11(7-9)8(2)12-10(14)13-11/h9H,2-7H2,1H3,(H2,12,13,14). The first-order chi connectivity index (χ1) is 7.16. The van der Waals surface area contributed by atoms with Crippen LogP contribution in [-0.4, -0.2) is 24.3 Å². The van der Waals surface area contributed by atoms with E-state index in [1.807, 2.05) is 0 Å². The summed E-state index contributed by atoms with van der Waals surface area (Å²) < 4.78 is 5.67. The first-order valence-corrected chi connectivity index (χ1v) is 5.56. The smallest absolute Gasteiger partial charge is 0.319 e. The molecule has 2 amide bonds. The predicted molar refractivity (Wildman–Crippen MR) is 57.4 cm³/mol. The van der Waals surface area contributed by atoms with E-state index < -0.39 is 0 Å². The van der Waals surface area contributed by atoms with Crippen molar-refractivity contribution in [1.82, 2.24) is 10.6 Å². The third-order valence-corrected chi connectivity index (χ3v) is 3.20. The highest BCUT2D eigenvalue weighted by Crippen LogP contribution is 2.40. The van der Waals surface area contributed by atoms with Gasteiger partial charge in [0.05, 0.1) is 11.6 Å². The van der Waals surface area contributed by atoms with Crippen molar-refractivity contribution >= 4 is 6.03 Å². The first kappa shape index (κ1) is 10.5. The summed E-state index contributed by atoms with van der Waals surface area (Å²) in [5, 5.41) is 5.60. The summed E-state index contributed by atoms with van der Waals surface area (Å²) >= 11 is 0. The molecule has 15 heavy (non-hydrogen) atoms. The molecule has 2 N–H and O–H groups in total. The third-order valence-electron chi connectivity index (χ3n) is 3.20. The van der Waals surface area contributed by atoms with Crippen LogP contribution in [0.4, 0.5) is 4.79 Å². The van der Waals surface area contributed by atoms with E-state index in [-0.39, 0.29) is 17.7 Å². The monoisotopic (exact) mass is 210 g/mol. The van der Waals surface area contributed by atoms with E-state index in [9.17, 15) is 4.79 Å². The largest absolute Gasteiger partial charge is 0.378 e. The quantitative estimate of drug-likeness (QED) is 0.691. The Balaban J connectivity index is 1.77. The number of hydrogen-bond donors (Lipinski definition) is 2. The second kappa shape index (κ2) is 3.85. The molecular weight excluding hydrogens is 192 g/mol. The molecular formula is C11H18N2O2. The summed E-state index contributed by atoms with van der Waals surface area (Å²) in [7, 11) is 0. The Hall–Kier alpha value is -1.03. The minimum absolute atomic E-state index is 0.132. The Morgan fingerprint density at radius 2 is 2.33 bits per heavy atom. The first-order valence-electron chi connectivity index (χ1n) is 5.56. The molecule has 1 aliphatic carbocycles. The molecule has 1 aliphatic heterocycles. The van der Waals surface area contributed by atoms with Gasteiger partial charge < -0.3 is 15.4 Å². The fourth-order valence-corrected chi connectivity index (χ4v) is 2.16. The zero-order chi connectivity index (χ0) is 10.9. The predicted octanol–water partition coefficient (Wildman–Crippen LogP) is 1.53. The lowest BCUT2D eigenvalue weighted by molar-refractivity contribution is -0.0369. The molecule has 2 fully saturated rings. The van der Waals surface area contributed by atoms with Crippen LogP contribution in [0.25, 0.3) is 0 Å². The van der Waals surface area contributed by atoms with E-state index in [0.29, 0.717) is 0 Å². The topological polar surface area (TPSA) is 50.4 Å². The van der Waals surface area contributed by atoms with Crippen molar-refractivity contribution in [3.8, 4) is 0 Å². The summed E-state index contributed by atoms with van der Waals surface area (Å²) in [6.45, 7) is 6.83. The van der Waals surface area contributed by atoms with Crippen LogP contribution < -0.4 is 10.6 Å². The number of amides is 2. The lowest BCUT2D eigenvalue weighted by Crippen LogP contribution is -2.56. The van der Waals surface area contributed by atoms with Crippen LogP contribution in [0.1, 0.15) is 32.6 Å². The van der Waals surface area contributed by atoms with Gasteiger partial charge in [0, 0.05) is 25.1 Å². The normalized spacial score (nSPS) is 33.8. The van der Waals surface area contributed by atoms with Crippen molar-refractivity contribution in [3.63, 3.8) is 0 Å². The Bertz CT molecular complexity index is 282. The molecule has 0 bridgehead atoms. The van der Waals surface area contributed by atoms with Crippen molar-refractivity contribution in [2.24, 2.45) is 0 Å². The van der Waals surface area contributed by atoms with Gasteiger partial charge in [-0.15, -0.1) is 0 Å². The number of nitrogens with one attached hydrogen (secondary N) is 2. The van der Waals surface area contributed by atoms with E-state index in [1.165, 1.54) is 0 Å². The van der Waals surface area contributed by atoms with Crippen molar-refractivity contribution in [2.45, 2.75) is 44.2 Å². The molecule has 0 unspecified atom stereocenters. The van der Waals surface area contributed by atoms with Crippen LogP contribution in [-0.2, 0) is 4.74 Å². The lowest BCUT2D eigenvalue weighted by atomic mass is 9.73. The average molecular weight is 210 g/mol. The molecule has 2 rings (SSSR count). The highest BCUT2D eigenvalue weighted by molar-refractivity contribution is 5.82. The Labute approximate surface area is 90.1 Å². The van der Waals surface area contributed by atoms with Gasteiger partial charge in [-0.25, -0.2) is 4.79 Å². The Morgan fingerprint density at radius 1 is 1.60 bits per heavy atom. The summed E-state index contributed by atoms with van der Waals surface area (Å²) in [4.78, 5) is 11.1. The van der Waals surface area contributed by atoms with Crippen LogP contribution in [0, 0.1) is 0 Å². The second-order valence-electron chi connectivity index (χ2n) is 4.39. The van der Waals surface area contributed by atoms with Gasteiger partial charge in [0.1, 0.15) is 0 Å². The SMILES string of the molecule is C=C1NC(=O)NC12CC(OCCCC)C2. The van der Waals surface area contributed by atoms with Gasteiger partial charge in [-0.05, 0) is 6.42 Å². The zero-order valence-electron chi connectivity index (χ0n) is 9.14. The maximum absolute atomic E-state index is 11.1. The number of unbranched alkanes of at least 4 members (excludes halogenated alkanes) is 1. The van der Waals surface area contributed by atoms with Gasteiger partial charge in [0.25, 0.3) is 0 Å². The maximum atomic E-state index is 11.1. The lowest BCUT2D eigenvalue weighted by Gasteiger charge is -2.44. The molecule has 84 valence electrons. The highest BCUT2D eigenvalue weighted by Gasteiger charge is 2.51. The number of rotatable bonds is 4. The van der Waals surface area contributed by atoms with Crippen molar-refractivity contribution in [2.75, 3.05) is 6.61 Å². The maximum Gasteiger partial charge on any atom is 0.319 e. The number of carbonyl (C=O) groups is 1. The molecule has 1 heterocycles. The van der Waals surface area contributed by atoms with Gasteiger partial charge in [-0.2, -0.15) is 0 Å². The number of urea groups is 1. The van der Waals surface area contributed by atoms with Crippen LogP contribution >= 0.6 is 0 Å². The molecule has 4 heteroatoms. The van der Waals surface area contributed by atoms with Crippen molar-refractivity contribution < 1.29 is 9.53 Å². The van der Waals surface area contributed by atoms with Gasteiger partial charge in [-0.1, -0.05) is 19.9 Å². The Kier molecular flexibility index (Phi) is 2.69. The van der Waals surface area contributed by atoms with E-state index in [2.05, 4.69) is 24.1 Å². The van der Waals surface area contributed by atoms with E-state index in [4.69, 9.17) is 4.74 Å². The number of ether oxygens (including phenoxy) is 1. The van der Waals surface area contributed by atoms with Crippen LogP contribution in [0.2, 0.25) is 0 Å². The molecule has 0 aromatic rings. The van der Waals surface area contributed by atoms with Crippen LogP contribution in [0.15, 0.2) is 12.3 Å². The summed E-state index contributed by atoms with van der Waals surface area (Å²) in [6.07, 6.45) is 4.26. The van der Waals surface area contributed by atoms with Gasteiger partial charge in [-0.3, -0.25) is 0 Å². The number of carbonyl (C=O) groups excluding carboxylic acids is 1. The molecule has 1 spiro atoms. The van der Waals surface area contributed by atoms with E-state index >= 15 is 0 Å². The van der Waals surface area contributed by atoms with Crippen LogP contribution in [0.5, 0.6) is 0 Å². The van der Waals surface area contributed by atoms with Crippen molar-refractivity contribution in [1.29, 1.82) is 0 Å². The van der Waals surface area contributed by atoms with Crippen molar-refractivity contribution in [3.05, 3.63) is 12.3 Å². The molecule has 1 saturated carbocycles. The highest BCUT2D eigenvalue weighted by atomic mass is 16.5. The molecule has 0 atom stereocenters. The molecule has 2 aliphatic rings.